The van der Waals surface area contributed by atoms with Crippen LogP contribution in [-0.4, -0.2) is 29.5 Å². The molecule has 1 unspecified atom stereocenters. The summed E-state index contributed by atoms with van der Waals surface area (Å²) in [6.07, 6.45) is -5.93. The number of anilines is 1. The Bertz CT molecular complexity index is 425. The highest BCUT2D eigenvalue weighted by molar-refractivity contribution is 9.10. The van der Waals surface area contributed by atoms with Gasteiger partial charge in [-0.05, 0) is 28.1 Å². The maximum absolute atomic E-state index is 13.0. The predicted molar refractivity (Wildman–Crippen MR) is 60.7 cm³/mol. The third-order valence-electron chi connectivity index (χ3n) is 2.09. The van der Waals surface area contributed by atoms with E-state index in [1.54, 1.807) is 0 Å². The van der Waals surface area contributed by atoms with Crippen LogP contribution >= 0.6 is 15.9 Å². The van der Waals surface area contributed by atoms with Crippen molar-refractivity contribution in [3.63, 3.8) is 0 Å². The van der Waals surface area contributed by atoms with Crippen molar-refractivity contribution >= 4 is 21.6 Å². The van der Waals surface area contributed by atoms with E-state index < -0.39 is 30.3 Å². The molecule has 1 rings (SSSR count). The molecular formula is C10H10BrF4NO2. The fourth-order valence-corrected chi connectivity index (χ4v) is 1.83. The second kappa shape index (κ2) is 5.85. The van der Waals surface area contributed by atoms with E-state index in [-0.39, 0.29) is 16.7 Å². The molecule has 1 aromatic carbocycles. The number of hydrogen-bond acceptors (Lipinski definition) is 3. The van der Waals surface area contributed by atoms with Gasteiger partial charge in [0.25, 0.3) is 0 Å². The van der Waals surface area contributed by atoms with Crippen molar-refractivity contribution < 1.29 is 27.8 Å². The van der Waals surface area contributed by atoms with Crippen molar-refractivity contribution in [3.8, 4) is 0 Å². The highest BCUT2D eigenvalue weighted by Crippen LogP contribution is 2.39. The van der Waals surface area contributed by atoms with Crippen LogP contribution in [0.5, 0.6) is 0 Å². The van der Waals surface area contributed by atoms with Gasteiger partial charge in [0, 0.05) is 11.0 Å². The second-order valence-corrected chi connectivity index (χ2v) is 4.38. The second-order valence-electron chi connectivity index (χ2n) is 3.53. The van der Waals surface area contributed by atoms with Gasteiger partial charge >= 0.3 is 6.18 Å². The molecule has 0 amide bonds. The number of halogens is 5. The van der Waals surface area contributed by atoms with Gasteiger partial charge in [-0.2, -0.15) is 13.2 Å². The molecular weight excluding hydrogens is 322 g/mol. The zero-order chi connectivity index (χ0) is 13.9. The summed E-state index contributed by atoms with van der Waals surface area (Å²) >= 11 is 2.82. The molecule has 8 heteroatoms. The van der Waals surface area contributed by atoms with Crippen molar-refractivity contribution in [1.82, 2.24) is 0 Å². The summed E-state index contributed by atoms with van der Waals surface area (Å²) in [6.45, 7) is -0.878. The number of nitrogens with one attached hydrogen (secondary N) is 1. The van der Waals surface area contributed by atoms with E-state index in [2.05, 4.69) is 21.2 Å². The molecule has 0 aromatic heterocycles. The molecule has 1 atom stereocenters. The minimum absolute atomic E-state index is 0.111. The van der Waals surface area contributed by atoms with Crippen molar-refractivity contribution in [2.45, 2.75) is 12.3 Å². The van der Waals surface area contributed by atoms with Gasteiger partial charge < -0.3 is 15.5 Å². The lowest BCUT2D eigenvalue weighted by atomic mass is 10.1. The van der Waals surface area contributed by atoms with Gasteiger partial charge in [0.1, 0.15) is 5.82 Å². The molecule has 102 valence electrons. The summed E-state index contributed by atoms with van der Waals surface area (Å²) in [5.74, 6) is -1.03. The third-order valence-corrected chi connectivity index (χ3v) is 2.71. The molecule has 0 saturated heterocycles. The molecule has 0 fully saturated rings. The topological polar surface area (TPSA) is 52.5 Å². The van der Waals surface area contributed by atoms with Crippen LogP contribution in [0.4, 0.5) is 23.2 Å². The Labute approximate surface area is 109 Å². The van der Waals surface area contributed by atoms with E-state index >= 15 is 0 Å². The molecule has 0 aliphatic rings. The van der Waals surface area contributed by atoms with Crippen LogP contribution in [0.3, 0.4) is 0 Å². The summed E-state index contributed by atoms with van der Waals surface area (Å²) in [5.41, 5.74) is -1.56. The lowest BCUT2D eigenvalue weighted by Gasteiger charge is -2.17. The molecule has 0 aliphatic carbocycles. The zero-order valence-corrected chi connectivity index (χ0v) is 10.5. The molecule has 18 heavy (non-hydrogen) atoms. The zero-order valence-electron chi connectivity index (χ0n) is 8.93. The van der Waals surface area contributed by atoms with Crippen molar-refractivity contribution in [1.29, 1.82) is 0 Å². The molecule has 1 aromatic rings. The molecule has 3 nitrogen and oxygen atoms in total. The van der Waals surface area contributed by atoms with E-state index in [1.807, 2.05) is 0 Å². The summed E-state index contributed by atoms with van der Waals surface area (Å²) in [6, 6.07) is 1.24. The summed E-state index contributed by atoms with van der Waals surface area (Å²) in [7, 11) is 0. The first-order valence-electron chi connectivity index (χ1n) is 4.84. The van der Waals surface area contributed by atoms with Gasteiger partial charge in [0.2, 0.25) is 0 Å². The molecule has 0 saturated carbocycles. The van der Waals surface area contributed by atoms with Crippen molar-refractivity contribution in [2.24, 2.45) is 0 Å². The molecule has 0 spiro atoms. The number of aliphatic hydroxyl groups excluding tert-OH is 2. The number of alkyl halides is 3. The Hall–Kier alpha value is -0.860. The van der Waals surface area contributed by atoms with Gasteiger partial charge in [-0.15, -0.1) is 0 Å². The first-order chi connectivity index (χ1) is 8.25. The highest BCUT2D eigenvalue weighted by Gasteiger charge is 2.35. The minimum Gasteiger partial charge on any atom is -0.394 e. The van der Waals surface area contributed by atoms with Gasteiger partial charge in [-0.3, -0.25) is 0 Å². The normalized spacial score (nSPS) is 13.5. The molecule has 0 heterocycles. The van der Waals surface area contributed by atoms with E-state index in [0.29, 0.717) is 6.07 Å². The predicted octanol–water partition coefficient (Wildman–Crippen LogP) is 2.37. The molecule has 0 bridgehead atoms. The minimum atomic E-state index is -4.73. The molecule has 0 radical (unpaired) electrons. The first kappa shape index (κ1) is 15.2. The molecule has 3 N–H and O–H groups in total. The standard InChI is InChI=1S/C10H10BrF4NO2/c11-8-2-5(12)1-7(10(13,14)15)9(8)16-3-6(18)4-17/h1-2,6,16-18H,3-4H2. The van der Waals surface area contributed by atoms with E-state index in [1.165, 1.54) is 0 Å². The fourth-order valence-electron chi connectivity index (χ4n) is 1.26. The maximum atomic E-state index is 13.0. The van der Waals surface area contributed by atoms with Crippen LogP contribution in [0, 0.1) is 5.82 Å². The van der Waals surface area contributed by atoms with E-state index in [0.717, 1.165) is 6.07 Å². The van der Waals surface area contributed by atoms with Crippen LogP contribution in [-0.2, 0) is 6.18 Å². The number of benzene rings is 1. The van der Waals surface area contributed by atoms with Crippen LogP contribution in [0.25, 0.3) is 0 Å². The Morgan fingerprint density at radius 2 is 1.94 bits per heavy atom. The highest BCUT2D eigenvalue weighted by atomic mass is 79.9. The van der Waals surface area contributed by atoms with Gasteiger partial charge in [-0.25, -0.2) is 4.39 Å². The Morgan fingerprint density at radius 1 is 1.33 bits per heavy atom. The maximum Gasteiger partial charge on any atom is 0.418 e. The van der Waals surface area contributed by atoms with Crippen LogP contribution in [0.2, 0.25) is 0 Å². The molecule has 0 aliphatic heterocycles. The monoisotopic (exact) mass is 331 g/mol. The smallest absolute Gasteiger partial charge is 0.394 e. The van der Waals surface area contributed by atoms with E-state index in [9.17, 15) is 17.6 Å². The first-order valence-corrected chi connectivity index (χ1v) is 5.64. The summed E-state index contributed by atoms with van der Waals surface area (Å²) in [4.78, 5) is 0. The van der Waals surface area contributed by atoms with Crippen molar-refractivity contribution in [3.05, 3.63) is 28.0 Å². The number of aliphatic hydroxyl groups is 2. The average molecular weight is 332 g/mol. The van der Waals surface area contributed by atoms with Crippen LogP contribution in [0.1, 0.15) is 5.56 Å². The largest absolute Gasteiger partial charge is 0.418 e. The number of hydrogen-bond donors (Lipinski definition) is 3. The van der Waals surface area contributed by atoms with Gasteiger partial charge in [0.05, 0.1) is 24.0 Å². The van der Waals surface area contributed by atoms with Crippen molar-refractivity contribution in [2.75, 3.05) is 18.5 Å². The van der Waals surface area contributed by atoms with Crippen LogP contribution in [0.15, 0.2) is 16.6 Å². The van der Waals surface area contributed by atoms with Gasteiger partial charge in [-0.1, -0.05) is 0 Å². The summed E-state index contributed by atoms with van der Waals surface area (Å²) in [5, 5.41) is 20.0. The van der Waals surface area contributed by atoms with Gasteiger partial charge in [0.15, 0.2) is 0 Å². The Morgan fingerprint density at radius 3 is 2.44 bits per heavy atom. The summed E-state index contributed by atoms with van der Waals surface area (Å²) < 4.78 is 50.9. The Balaban J connectivity index is 3.08. The lowest BCUT2D eigenvalue weighted by molar-refractivity contribution is -0.137. The SMILES string of the molecule is OCC(O)CNc1c(Br)cc(F)cc1C(F)(F)F. The average Bonchev–Trinajstić information content (AvgIpc) is 2.25. The quantitative estimate of drug-likeness (QED) is 0.742. The fraction of sp³-hybridized carbons (Fsp3) is 0.400. The Kier molecular flexibility index (Phi) is 4.94. The third kappa shape index (κ3) is 3.82. The number of rotatable bonds is 4. The van der Waals surface area contributed by atoms with E-state index in [4.69, 9.17) is 10.2 Å². The van der Waals surface area contributed by atoms with Crippen LogP contribution < -0.4 is 5.32 Å². The lowest BCUT2D eigenvalue weighted by Crippen LogP contribution is -2.24.